The molecule has 0 amide bonds. The maximum absolute atomic E-state index is 5.25. The highest BCUT2D eigenvalue weighted by Crippen LogP contribution is 2.27. The standard InChI is InChI=1S/C14H21NO/c1-5-8-14(15(3)6-2)12-9-7-10-13(11-12)16-4/h6-7,9-11,14H,2,5,8H2,1,3-4H3. The van der Waals surface area contributed by atoms with Gasteiger partial charge in [0.2, 0.25) is 0 Å². The Hall–Kier alpha value is -1.44. The second-order valence-electron chi connectivity index (χ2n) is 3.93. The Morgan fingerprint density at radius 1 is 1.50 bits per heavy atom. The van der Waals surface area contributed by atoms with Gasteiger partial charge in [-0.25, -0.2) is 0 Å². The predicted molar refractivity (Wildman–Crippen MR) is 68.6 cm³/mol. The van der Waals surface area contributed by atoms with Gasteiger partial charge in [0.1, 0.15) is 5.75 Å². The number of rotatable bonds is 6. The molecule has 88 valence electrons. The average Bonchev–Trinajstić information content (AvgIpc) is 2.35. The molecule has 0 bridgehead atoms. The van der Waals surface area contributed by atoms with Crippen molar-refractivity contribution in [2.45, 2.75) is 25.8 Å². The lowest BCUT2D eigenvalue weighted by molar-refractivity contribution is 0.316. The first-order valence-corrected chi connectivity index (χ1v) is 5.71. The lowest BCUT2D eigenvalue weighted by atomic mass is 10.0. The minimum atomic E-state index is 0.387. The van der Waals surface area contributed by atoms with Crippen LogP contribution in [0.25, 0.3) is 0 Å². The lowest BCUT2D eigenvalue weighted by Gasteiger charge is -2.27. The Morgan fingerprint density at radius 2 is 2.25 bits per heavy atom. The zero-order valence-corrected chi connectivity index (χ0v) is 10.4. The van der Waals surface area contributed by atoms with Crippen LogP contribution in [-0.2, 0) is 0 Å². The summed E-state index contributed by atoms with van der Waals surface area (Å²) in [5.41, 5.74) is 1.28. The quantitative estimate of drug-likeness (QED) is 0.724. The van der Waals surface area contributed by atoms with Crippen LogP contribution in [0.4, 0.5) is 0 Å². The minimum Gasteiger partial charge on any atom is -0.497 e. The zero-order chi connectivity index (χ0) is 12.0. The molecule has 0 saturated carbocycles. The third-order valence-corrected chi connectivity index (χ3v) is 2.82. The van der Waals surface area contributed by atoms with Crippen molar-refractivity contribution in [3.8, 4) is 5.75 Å². The van der Waals surface area contributed by atoms with Gasteiger partial charge in [-0.3, -0.25) is 0 Å². The van der Waals surface area contributed by atoms with E-state index in [9.17, 15) is 0 Å². The molecule has 2 heteroatoms. The number of nitrogens with zero attached hydrogens (tertiary/aromatic N) is 1. The summed E-state index contributed by atoms with van der Waals surface area (Å²) in [6.45, 7) is 6.03. The van der Waals surface area contributed by atoms with E-state index in [1.54, 1.807) is 7.11 Å². The van der Waals surface area contributed by atoms with Crippen molar-refractivity contribution in [2.75, 3.05) is 14.2 Å². The van der Waals surface area contributed by atoms with Crippen molar-refractivity contribution < 1.29 is 4.74 Å². The van der Waals surface area contributed by atoms with Crippen LogP contribution in [0.5, 0.6) is 5.75 Å². The molecule has 0 radical (unpaired) electrons. The highest BCUT2D eigenvalue weighted by atomic mass is 16.5. The second-order valence-corrected chi connectivity index (χ2v) is 3.93. The van der Waals surface area contributed by atoms with Gasteiger partial charge in [-0.2, -0.15) is 0 Å². The number of methoxy groups -OCH3 is 1. The summed E-state index contributed by atoms with van der Waals surface area (Å²) in [6, 6.07) is 8.63. The van der Waals surface area contributed by atoms with E-state index in [1.807, 2.05) is 18.3 Å². The van der Waals surface area contributed by atoms with Gasteiger partial charge in [0, 0.05) is 7.05 Å². The first-order chi connectivity index (χ1) is 7.72. The number of benzene rings is 1. The van der Waals surface area contributed by atoms with Crippen LogP contribution in [0, 0.1) is 0 Å². The van der Waals surface area contributed by atoms with Gasteiger partial charge in [-0.05, 0) is 30.3 Å². The van der Waals surface area contributed by atoms with E-state index in [-0.39, 0.29) is 0 Å². The fourth-order valence-corrected chi connectivity index (χ4v) is 1.85. The summed E-state index contributed by atoms with van der Waals surface area (Å²) >= 11 is 0. The predicted octanol–water partition coefficient (Wildman–Crippen LogP) is 3.61. The van der Waals surface area contributed by atoms with E-state index in [1.165, 1.54) is 5.56 Å². The van der Waals surface area contributed by atoms with Crippen molar-refractivity contribution in [1.82, 2.24) is 4.90 Å². The molecule has 1 aromatic rings. The molecular formula is C14H21NO. The Balaban J connectivity index is 2.95. The molecule has 1 unspecified atom stereocenters. The first kappa shape index (κ1) is 12.6. The Morgan fingerprint density at radius 3 is 2.81 bits per heavy atom. The molecule has 0 aliphatic carbocycles. The molecule has 0 aliphatic heterocycles. The Bertz CT molecular complexity index is 335. The summed E-state index contributed by atoms with van der Waals surface area (Å²) in [6.07, 6.45) is 4.15. The third kappa shape index (κ3) is 3.02. The third-order valence-electron chi connectivity index (χ3n) is 2.82. The molecule has 0 heterocycles. The van der Waals surface area contributed by atoms with Crippen LogP contribution in [0.15, 0.2) is 37.0 Å². The smallest absolute Gasteiger partial charge is 0.119 e. The van der Waals surface area contributed by atoms with Crippen molar-refractivity contribution in [3.05, 3.63) is 42.6 Å². The molecule has 0 aromatic heterocycles. The largest absolute Gasteiger partial charge is 0.497 e. The van der Waals surface area contributed by atoms with Gasteiger partial charge in [-0.1, -0.05) is 32.1 Å². The highest BCUT2D eigenvalue weighted by Gasteiger charge is 2.13. The Kier molecular flexibility index (Phi) is 4.90. The summed E-state index contributed by atoms with van der Waals surface area (Å²) in [4.78, 5) is 2.15. The van der Waals surface area contributed by atoms with Gasteiger partial charge in [0.05, 0.1) is 13.2 Å². The van der Waals surface area contributed by atoms with Gasteiger partial charge >= 0.3 is 0 Å². The maximum atomic E-state index is 5.25. The lowest BCUT2D eigenvalue weighted by Crippen LogP contribution is -2.18. The fraction of sp³-hybridized carbons (Fsp3) is 0.429. The average molecular weight is 219 g/mol. The molecule has 0 saturated heterocycles. The highest BCUT2D eigenvalue weighted by molar-refractivity contribution is 5.30. The molecule has 1 rings (SSSR count). The van der Waals surface area contributed by atoms with E-state index >= 15 is 0 Å². The molecule has 1 atom stereocenters. The summed E-state index contributed by atoms with van der Waals surface area (Å²) in [7, 11) is 3.76. The normalized spacial score (nSPS) is 11.9. The summed E-state index contributed by atoms with van der Waals surface area (Å²) < 4.78 is 5.25. The monoisotopic (exact) mass is 219 g/mol. The summed E-state index contributed by atoms with van der Waals surface area (Å²) in [5, 5.41) is 0. The number of hydrogen-bond acceptors (Lipinski definition) is 2. The minimum absolute atomic E-state index is 0.387. The summed E-state index contributed by atoms with van der Waals surface area (Å²) in [5.74, 6) is 0.913. The van der Waals surface area contributed by atoms with Crippen LogP contribution in [0.1, 0.15) is 31.4 Å². The molecule has 0 aliphatic rings. The van der Waals surface area contributed by atoms with Crippen LogP contribution in [0.3, 0.4) is 0 Å². The number of hydrogen-bond donors (Lipinski definition) is 0. The van der Waals surface area contributed by atoms with Crippen molar-refractivity contribution in [3.63, 3.8) is 0 Å². The van der Waals surface area contributed by atoms with Gasteiger partial charge in [0.25, 0.3) is 0 Å². The molecule has 0 spiro atoms. The molecule has 16 heavy (non-hydrogen) atoms. The van der Waals surface area contributed by atoms with Gasteiger partial charge in [0.15, 0.2) is 0 Å². The van der Waals surface area contributed by atoms with E-state index < -0.39 is 0 Å². The molecule has 0 fully saturated rings. The van der Waals surface area contributed by atoms with Crippen LogP contribution < -0.4 is 4.74 Å². The number of ether oxygens (including phenoxy) is 1. The van der Waals surface area contributed by atoms with Crippen molar-refractivity contribution in [1.29, 1.82) is 0 Å². The van der Waals surface area contributed by atoms with Gasteiger partial charge in [-0.15, -0.1) is 0 Å². The van der Waals surface area contributed by atoms with Crippen molar-refractivity contribution >= 4 is 0 Å². The maximum Gasteiger partial charge on any atom is 0.119 e. The molecular weight excluding hydrogens is 198 g/mol. The van der Waals surface area contributed by atoms with E-state index in [4.69, 9.17) is 4.74 Å². The van der Waals surface area contributed by atoms with E-state index in [0.29, 0.717) is 6.04 Å². The van der Waals surface area contributed by atoms with Crippen LogP contribution >= 0.6 is 0 Å². The topological polar surface area (TPSA) is 12.5 Å². The van der Waals surface area contributed by atoms with E-state index in [2.05, 4.69) is 37.6 Å². The van der Waals surface area contributed by atoms with E-state index in [0.717, 1.165) is 18.6 Å². The Labute approximate surface area is 98.5 Å². The van der Waals surface area contributed by atoms with Crippen LogP contribution in [-0.4, -0.2) is 19.1 Å². The van der Waals surface area contributed by atoms with Crippen molar-refractivity contribution in [2.24, 2.45) is 0 Å². The SMILES string of the molecule is C=CN(C)C(CCC)c1cccc(OC)c1. The zero-order valence-electron chi connectivity index (χ0n) is 10.4. The second kappa shape index (κ2) is 6.21. The molecule has 1 aromatic carbocycles. The van der Waals surface area contributed by atoms with Crippen LogP contribution in [0.2, 0.25) is 0 Å². The van der Waals surface area contributed by atoms with Gasteiger partial charge < -0.3 is 9.64 Å². The molecule has 0 N–H and O–H groups in total. The fourth-order valence-electron chi connectivity index (χ4n) is 1.85. The molecule has 2 nitrogen and oxygen atoms in total. The first-order valence-electron chi connectivity index (χ1n) is 5.71.